The van der Waals surface area contributed by atoms with Gasteiger partial charge in [0.25, 0.3) is 0 Å². The lowest BCUT2D eigenvalue weighted by Crippen LogP contribution is -2.25. The van der Waals surface area contributed by atoms with Crippen molar-refractivity contribution in [3.8, 4) is 0 Å². The van der Waals surface area contributed by atoms with E-state index in [1.807, 2.05) is 32.2 Å². The highest BCUT2D eigenvalue weighted by atomic mass is 15.3. The van der Waals surface area contributed by atoms with E-state index in [1.165, 1.54) is 0 Å². The lowest BCUT2D eigenvalue weighted by Gasteiger charge is -2.07. The van der Waals surface area contributed by atoms with Crippen LogP contribution >= 0.6 is 0 Å². The lowest BCUT2D eigenvalue weighted by atomic mass is 10.3. The van der Waals surface area contributed by atoms with Crippen LogP contribution in [0.2, 0.25) is 0 Å². The van der Waals surface area contributed by atoms with Crippen molar-refractivity contribution in [1.82, 2.24) is 14.6 Å². The van der Waals surface area contributed by atoms with E-state index in [0.717, 1.165) is 11.2 Å². The Hall–Kier alpha value is -1.62. The number of rotatable bonds is 3. The Morgan fingerprint density at radius 1 is 1.60 bits per heavy atom. The molecule has 0 spiro atoms. The van der Waals surface area contributed by atoms with E-state index >= 15 is 0 Å². The summed E-state index contributed by atoms with van der Waals surface area (Å²) >= 11 is 0. The van der Waals surface area contributed by atoms with Gasteiger partial charge in [-0.05, 0) is 25.5 Å². The van der Waals surface area contributed by atoms with E-state index in [-0.39, 0.29) is 6.04 Å². The van der Waals surface area contributed by atoms with Crippen LogP contribution in [0.1, 0.15) is 12.5 Å². The van der Waals surface area contributed by atoms with Crippen LogP contribution in [0, 0.1) is 6.92 Å². The van der Waals surface area contributed by atoms with Crippen LogP contribution in [-0.4, -0.2) is 27.2 Å². The maximum Gasteiger partial charge on any atom is 0.243 e. The minimum atomic E-state index is 0.183. The Kier molecular flexibility index (Phi) is 2.55. The third-order valence-electron chi connectivity index (χ3n) is 2.29. The molecule has 3 N–H and O–H groups in total. The van der Waals surface area contributed by atoms with Gasteiger partial charge in [-0.25, -0.2) is 4.52 Å². The van der Waals surface area contributed by atoms with Crippen molar-refractivity contribution in [3.05, 3.63) is 23.9 Å². The Morgan fingerprint density at radius 2 is 2.40 bits per heavy atom. The zero-order valence-corrected chi connectivity index (χ0v) is 8.94. The topological polar surface area (TPSA) is 68.2 Å². The van der Waals surface area contributed by atoms with Crippen LogP contribution in [0.15, 0.2) is 18.3 Å². The fourth-order valence-electron chi connectivity index (χ4n) is 1.38. The predicted molar refractivity (Wildman–Crippen MR) is 59.9 cm³/mol. The first-order chi connectivity index (χ1) is 7.20. The van der Waals surface area contributed by atoms with Gasteiger partial charge >= 0.3 is 0 Å². The summed E-state index contributed by atoms with van der Waals surface area (Å²) in [6, 6.07) is 4.15. The predicted octanol–water partition coefficient (Wildman–Crippen LogP) is 0.797. The van der Waals surface area contributed by atoms with Gasteiger partial charge in [-0.15, -0.1) is 5.10 Å². The first-order valence-corrected chi connectivity index (χ1v) is 4.99. The summed E-state index contributed by atoms with van der Waals surface area (Å²) in [6.45, 7) is 4.58. The van der Waals surface area contributed by atoms with E-state index in [9.17, 15) is 0 Å². The third kappa shape index (κ3) is 1.92. The van der Waals surface area contributed by atoms with Crippen LogP contribution in [0.25, 0.3) is 5.65 Å². The highest BCUT2D eigenvalue weighted by molar-refractivity contribution is 5.49. The minimum Gasteiger partial charge on any atom is -0.349 e. The number of pyridine rings is 1. The zero-order valence-electron chi connectivity index (χ0n) is 8.94. The van der Waals surface area contributed by atoms with Gasteiger partial charge in [0, 0.05) is 18.8 Å². The van der Waals surface area contributed by atoms with E-state index in [2.05, 4.69) is 15.4 Å². The van der Waals surface area contributed by atoms with Crippen LogP contribution in [0.3, 0.4) is 0 Å². The fraction of sp³-hybridized carbons (Fsp3) is 0.400. The molecule has 0 saturated carbocycles. The number of hydrogen-bond acceptors (Lipinski definition) is 4. The van der Waals surface area contributed by atoms with Crippen LogP contribution < -0.4 is 11.1 Å². The number of aromatic nitrogens is 3. The van der Waals surface area contributed by atoms with E-state index < -0.39 is 0 Å². The van der Waals surface area contributed by atoms with Gasteiger partial charge in [-0.3, -0.25) is 0 Å². The number of aryl methyl sites for hydroxylation is 1. The van der Waals surface area contributed by atoms with Gasteiger partial charge in [0.2, 0.25) is 5.95 Å². The molecule has 80 valence electrons. The average Bonchev–Trinajstić information content (AvgIpc) is 2.62. The van der Waals surface area contributed by atoms with Crippen molar-refractivity contribution < 1.29 is 0 Å². The standard InChI is InChI=1S/C10H15N5/c1-7-4-3-5-15-9(7)13-10(14-15)12-8(2)6-11/h3-5,8H,6,11H2,1-2H3,(H,12,14). The third-order valence-corrected chi connectivity index (χ3v) is 2.29. The quantitative estimate of drug-likeness (QED) is 0.777. The molecule has 0 fully saturated rings. The van der Waals surface area contributed by atoms with Gasteiger partial charge in [-0.2, -0.15) is 4.98 Å². The summed E-state index contributed by atoms with van der Waals surface area (Å²) in [6.07, 6.45) is 1.88. The van der Waals surface area contributed by atoms with Crippen LogP contribution in [0.5, 0.6) is 0 Å². The molecule has 1 unspecified atom stereocenters. The summed E-state index contributed by atoms with van der Waals surface area (Å²) in [4.78, 5) is 4.39. The first kappa shape index (κ1) is 9.92. The van der Waals surface area contributed by atoms with Crippen molar-refractivity contribution in [1.29, 1.82) is 0 Å². The van der Waals surface area contributed by atoms with Gasteiger partial charge in [-0.1, -0.05) is 6.07 Å². The second-order valence-electron chi connectivity index (χ2n) is 3.68. The summed E-state index contributed by atoms with van der Waals surface area (Å²) in [5.41, 5.74) is 7.51. The smallest absolute Gasteiger partial charge is 0.243 e. The molecular formula is C10H15N5. The molecule has 2 rings (SSSR count). The largest absolute Gasteiger partial charge is 0.349 e. The Bertz CT molecular complexity index is 462. The molecule has 0 aliphatic carbocycles. The van der Waals surface area contributed by atoms with Crippen molar-refractivity contribution in [3.63, 3.8) is 0 Å². The molecule has 0 saturated heterocycles. The first-order valence-electron chi connectivity index (χ1n) is 4.99. The number of nitrogens with two attached hydrogens (primary N) is 1. The Labute approximate surface area is 88.3 Å². The summed E-state index contributed by atoms with van der Waals surface area (Å²) in [7, 11) is 0. The number of nitrogens with one attached hydrogen (secondary N) is 1. The molecule has 5 heteroatoms. The molecule has 0 amide bonds. The maximum atomic E-state index is 5.52. The van der Waals surface area contributed by atoms with Crippen LogP contribution in [0.4, 0.5) is 5.95 Å². The lowest BCUT2D eigenvalue weighted by molar-refractivity contribution is 0.788. The zero-order chi connectivity index (χ0) is 10.8. The van der Waals surface area contributed by atoms with E-state index in [0.29, 0.717) is 12.5 Å². The summed E-state index contributed by atoms with van der Waals surface area (Å²) in [5, 5.41) is 7.44. The average molecular weight is 205 g/mol. The molecule has 2 heterocycles. The fourth-order valence-corrected chi connectivity index (χ4v) is 1.38. The minimum absolute atomic E-state index is 0.183. The SMILES string of the molecule is Cc1cccn2nc(NC(C)CN)nc12. The second kappa shape index (κ2) is 3.86. The van der Waals surface area contributed by atoms with Crippen molar-refractivity contribution in [2.75, 3.05) is 11.9 Å². The molecule has 0 radical (unpaired) electrons. The number of fused-ring (bicyclic) bond motifs is 1. The normalized spacial score (nSPS) is 13.0. The highest BCUT2D eigenvalue weighted by Crippen LogP contribution is 2.10. The molecule has 0 aliphatic heterocycles. The monoisotopic (exact) mass is 205 g/mol. The van der Waals surface area contributed by atoms with Gasteiger partial charge < -0.3 is 11.1 Å². The van der Waals surface area contributed by atoms with Gasteiger partial charge in [0.1, 0.15) is 0 Å². The molecule has 2 aromatic heterocycles. The van der Waals surface area contributed by atoms with Crippen LogP contribution in [-0.2, 0) is 0 Å². The van der Waals surface area contributed by atoms with Gasteiger partial charge in [0.15, 0.2) is 5.65 Å². The molecule has 0 aromatic carbocycles. The van der Waals surface area contributed by atoms with Gasteiger partial charge in [0.05, 0.1) is 0 Å². The Balaban J connectivity index is 2.35. The molecule has 2 aromatic rings. The number of hydrogen-bond donors (Lipinski definition) is 2. The number of nitrogens with zero attached hydrogens (tertiary/aromatic N) is 3. The second-order valence-corrected chi connectivity index (χ2v) is 3.68. The highest BCUT2D eigenvalue weighted by Gasteiger charge is 2.06. The Morgan fingerprint density at radius 3 is 3.07 bits per heavy atom. The maximum absolute atomic E-state index is 5.52. The molecule has 0 aliphatic rings. The summed E-state index contributed by atoms with van der Waals surface area (Å²) in [5.74, 6) is 0.627. The summed E-state index contributed by atoms with van der Waals surface area (Å²) < 4.78 is 1.76. The molecular weight excluding hydrogens is 190 g/mol. The molecule has 15 heavy (non-hydrogen) atoms. The molecule has 1 atom stereocenters. The molecule has 0 bridgehead atoms. The molecule has 5 nitrogen and oxygen atoms in total. The number of anilines is 1. The van der Waals surface area contributed by atoms with E-state index in [4.69, 9.17) is 5.73 Å². The van der Waals surface area contributed by atoms with Crippen molar-refractivity contribution >= 4 is 11.6 Å². The van der Waals surface area contributed by atoms with Crippen molar-refractivity contribution in [2.45, 2.75) is 19.9 Å². The van der Waals surface area contributed by atoms with E-state index in [1.54, 1.807) is 4.52 Å². The van der Waals surface area contributed by atoms with Crippen molar-refractivity contribution in [2.24, 2.45) is 5.73 Å².